The van der Waals surface area contributed by atoms with Crippen LogP contribution < -0.4 is 0 Å². The first-order chi connectivity index (χ1) is 8.56. The molecule has 2 heterocycles. The second-order valence-corrected chi connectivity index (χ2v) is 4.59. The number of nitrogens with zero attached hydrogens (tertiary/aromatic N) is 5. The third kappa shape index (κ3) is 2.82. The van der Waals surface area contributed by atoms with E-state index in [0.717, 1.165) is 25.9 Å². The lowest BCUT2D eigenvalue weighted by molar-refractivity contribution is -0.394. The van der Waals surface area contributed by atoms with E-state index in [-0.39, 0.29) is 12.5 Å². The van der Waals surface area contributed by atoms with Crippen LogP contribution in [0.2, 0.25) is 0 Å². The summed E-state index contributed by atoms with van der Waals surface area (Å²) in [6.07, 6.45) is 3.35. The predicted molar refractivity (Wildman–Crippen MR) is 61.7 cm³/mol. The smallest absolute Gasteiger partial charge is 0.390 e. The highest BCUT2D eigenvalue weighted by atomic mass is 16.6. The highest BCUT2D eigenvalue weighted by Gasteiger charge is 2.23. The van der Waals surface area contributed by atoms with Gasteiger partial charge in [0, 0.05) is 18.2 Å². The molecule has 1 atom stereocenters. The first-order valence-corrected chi connectivity index (χ1v) is 5.88. The van der Waals surface area contributed by atoms with Gasteiger partial charge in [0.2, 0.25) is 12.2 Å². The lowest BCUT2D eigenvalue weighted by Gasteiger charge is -2.30. The minimum Gasteiger partial charge on any atom is -0.390 e. The maximum absolute atomic E-state index is 12.0. The van der Waals surface area contributed by atoms with Gasteiger partial charge in [0.1, 0.15) is 6.54 Å². The summed E-state index contributed by atoms with van der Waals surface area (Å²) < 4.78 is 1.21. The van der Waals surface area contributed by atoms with Crippen molar-refractivity contribution in [2.45, 2.75) is 26.3 Å². The molecule has 0 N–H and O–H groups in total. The molecule has 8 heteroatoms. The topological polar surface area (TPSA) is 94.2 Å². The Bertz CT molecular complexity index is 458. The van der Waals surface area contributed by atoms with Gasteiger partial charge in [-0.2, -0.15) is 4.68 Å². The fourth-order valence-corrected chi connectivity index (χ4v) is 2.10. The molecule has 0 spiro atoms. The van der Waals surface area contributed by atoms with E-state index in [9.17, 15) is 14.9 Å². The average Bonchev–Trinajstić information content (AvgIpc) is 2.77. The summed E-state index contributed by atoms with van der Waals surface area (Å²) in [5.74, 6) is -0.0380. The molecule has 1 amide bonds. The van der Waals surface area contributed by atoms with E-state index in [1.54, 1.807) is 4.90 Å². The molecule has 1 unspecified atom stereocenters. The van der Waals surface area contributed by atoms with Crippen LogP contribution in [0, 0.1) is 16.0 Å². The zero-order valence-electron chi connectivity index (χ0n) is 10.2. The van der Waals surface area contributed by atoms with E-state index in [1.807, 2.05) is 0 Å². The molecule has 1 aliphatic rings. The third-order valence-electron chi connectivity index (χ3n) is 2.99. The van der Waals surface area contributed by atoms with Crippen molar-refractivity contribution in [3.05, 3.63) is 16.4 Å². The molecule has 0 radical (unpaired) electrons. The Morgan fingerprint density at radius 3 is 3.06 bits per heavy atom. The predicted octanol–water partition coefficient (Wildman–Crippen LogP) is 0.445. The molecule has 8 nitrogen and oxygen atoms in total. The van der Waals surface area contributed by atoms with Crippen LogP contribution in [-0.2, 0) is 11.3 Å². The molecule has 1 fully saturated rings. The van der Waals surface area contributed by atoms with Gasteiger partial charge >= 0.3 is 5.95 Å². The van der Waals surface area contributed by atoms with Gasteiger partial charge in [0.15, 0.2) is 0 Å². The van der Waals surface area contributed by atoms with Gasteiger partial charge in [-0.1, -0.05) is 11.9 Å². The molecule has 98 valence electrons. The Hall–Kier alpha value is -1.99. The number of rotatable bonds is 3. The van der Waals surface area contributed by atoms with Crippen LogP contribution in [0.5, 0.6) is 0 Å². The summed E-state index contributed by atoms with van der Waals surface area (Å²) in [5, 5.41) is 14.0. The van der Waals surface area contributed by atoms with Crippen LogP contribution in [0.3, 0.4) is 0 Å². The first-order valence-electron chi connectivity index (χ1n) is 5.88. The van der Waals surface area contributed by atoms with Crippen molar-refractivity contribution in [3.63, 3.8) is 0 Å². The summed E-state index contributed by atoms with van der Waals surface area (Å²) in [5.41, 5.74) is 0. The lowest BCUT2D eigenvalue weighted by atomic mass is 10.0. The molecule has 1 saturated heterocycles. The van der Waals surface area contributed by atoms with Crippen LogP contribution in [-0.4, -0.2) is 43.6 Å². The van der Waals surface area contributed by atoms with Gasteiger partial charge in [-0.05, 0) is 23.7 Å². The summed E-state index contributed by atoms with van der Waals surface area (Å²) in [6.45, 7) is 3.61. The monoisotopic (exact) mass is 253 g/mol. The quantitative estimate of drug-likeness (QED) is 0.575. The highest BCUT2D eigenvalue weighted by Crippen LogP contribution is 2.15. The molecule has 2 rings (SSSR count). The lowest BCUT2D eigenvalue weighted by Crippen LogP contribution is -2.40. The second kappa shape index (κ2) is 5.11. The summed E-state index contributed by atoms with van der Waals surface area (Å²) in [7, 11) is 0. The molecule has 1 aromatic heterocycles. The number of amides is 1. The standard InChI is InChI=1S/C10H15N5O3/c1-8-3-2-4-13(5-8)9(16)6-14-7-11-10(12-14)15(17)18/h7-8H,2-6H2,1H3. The normalized spacial score (nSPS) is 19.8. The molecule has 1 aliphatic heterocycles. The zero-order chi connectivity index (χ0) is 13.1. The molecule has 0 aromatic carbocycles. The maximum atomic E-state index is 12.0. The van der Waals surface area contributed by atoms with Crippen LogP contribution in [0.15, 0.2) is 6.33 Å². The number of likely N-dealkylation sites (tertiary alicyclic amines) is 1. The highest BCUT2D eigenvalue weighted by molar-refractivity contribution is 5.76. The summed E-state index contributed by atoms with van der Waals surface area (Å²) >= 11 is 0. The fourth-order valence-electron chi connectivity index (χ4n) is 2.10. The van der Waals surface area contributed by atoms with E-state index in [4.69, 9.17) is 0 Å². The molecule has 0 aliphatic carbocycles. The maximum Gasteiger partial charge on any atom is 0.490 e. The number of carbonyl (C=O) groups excluding carboxylic acids is 1. The molecular formula is C10H15N5O3. The van der Waals surface area contributed by atoms with Gasteiger partial charge in [0.05, 0.1) is 0 Å². The van der Waals surface area contributed by atoms with Gasteiger partial charge < -0.3 is 15.0 Å². The SMILES string of the molecule is CC1CCCN(C(=O)Cn2cnc([N+](=O)[O-])n2)C1. The van der Waals surface area contributed by atoms with E-state index >= 15 is 0 Å². The molecule has 0 bridgehead atoms. The number of carbonyl (C=O) groups is 1. The van der Waals surface area contributed by atoms with Crippen LogP contribution in [0.25, 0.3) is 0 Å². The minimum absolute atomic E-state index is 0.00750. The number of piperidine rings is 1. The van der Waals surface area contributed by atoms with Crippen molar-refractivity contribution in [1.82, 2.24) is 19.7 Å². The Balaban J connectivity index is 1.95. The van der Waals surface area contributed by atoms with Gasteiger partial charge in [-0.25, -0.2) is 0 Å². The average molecular weight is 253 g/mol. The fraction of sp³-hybridized carbons (Fsp3) is 0.700. The molecular weight excluding hydrogens is 238 g/mol. The first kappa shape index (κ1) is 12.5. The number of aromatic nitrogens is 3. The van der Waals surface area contributed by atoms with E-state index < -0.39 is 10.9 Å². The van der Waals surface area contributed by atoms with E-state index in [0.29, 0.717) is 5.92 Å². The minimum atomic E-state index is -0.677. The Morgan fingerprint density at radius 1 is 1.67 bits per heavy atom. The third-order valence-corrected chi connectivity index (χ3v) is 2.99. The zero-order valence-corrected chi connectivity index (χ0v) is 10.2. The molecule has 18 heavy (non-hydrogen) atoms. The largest absolute Gasteiger partial charge is 0.490 e. The van der Waals surface area contributed by atoms with Gasteiger partial charge in [-0.15, -0.1) is 0 Å². The number of hydrogen-bond donors (Lipinski definition) is 0. The molecule has 1 aromatic rings. The molecule has 0 saturated carbocycles. The van der Waals surface area contributed by atoms with Crippen molar-refractivity contribution >= 4 is 11.9 Å². The van der Waals surface area contributed by atoms with Gasteiger partial charge in [-0.3, -0.25) is 4.79 Å². The summed E-state index contributed by atoms with van der Waals surface area (Å²) in [6, 6.07) is 0. The Morgan fingerprint density at radius 2 is 2.44 bits per heavy atom. The van der Waals surface area contributed by atoms with Crippen molar-refractivity contribution < 1.29 is 9.72 Å². The number of hydrogen-bond acceptors (Lipinski definition) is 5. The van der Waals surface area contributed by atoms with Crippen molar-refractivity contribution in [2.24, 2.45) is 5.92 Å². The van der Waals surface area contributed by atoms with Crippen LogP contribution >= 0.6 is 0 Å². The van der Waals surface area contributed by atoms with E-state index in [1.165, 1.54) is 11.0 Å². The van der Waals surface area contributed by atoms with E-state index in [2.05, 4.69) is 17.0 Å². The Kier molecular flexibility index (Phi) is 3.54. The van der Waals surface area contributed by atoms with Crippen molar-refractivity contribution in [2.75, 3.05) is 13.1 Å². The van der Waals surface area contributed by atoms with Crippen LogP contribution in [0.1, 0.15) is 19.8 Å². The summed E-state index contributed by atoms with van der Waals surface area (Å²) in [4.78, 5) is 27.0. The van der Waals surface area contributed by atoms with Crippen molar-refractivity contribution in [1.29, 1.82) is 0 Å². The van der Waals surface area contributed by atoms with Crippen LogP contribution in [0.4, 0.5) is 5.95 Å². The second-order valence-electron chi connectivity index (χ2n) is 4.59. The van der Waals surface area contributed by atoms with Crippen molar-refractivity contribution in [3.8, 4) is 0 Å². The Labute approximate surface area is 104 Å². The van der Waals surface area contributed by atoms with Gasteiger partial charge in [0.25, 0.3) is 0 Å². The number of nitro groups is 1.